The quantitative estimate of drug-likeness (QED) is 0.669. The van der Waals surface area contributed by atoms with Crippen LogP contribution in [0.25, 0.3) is 10.7 Å². The molecule has 1 N–H and O–H groups in total. The number of nitrogens with zero attached hydrogens (tertiary/aromatic N) is 3. The molecule has 2 aromatic heterocycles. The van der Waals surface area contributed by atoms with Gasteiger partial charge >= 0.3 is 11.9 Å². The number of nitrogens with one attached hydrogen (secondary N) is 1. The Balaban J connectivity index is 1.95. The van der Waals surface area contributed by atoms with Crippen molar-refractivity contribution in [2.45, 2.75) is 6.92 Å². The molecule has 27 heavy (non-hydrogen) atoms. The van der Waals surface area contributed by atoms with Crippen molar-refractivity contribution in [3.05, 3.63) is 52.7 Å². The first-order valence-electron chi connectivity index (χ1n) is 7.84. The third-order valence-corrected chi connectivity index (χ3v) is 4.46. The van der Waals surface area contributed by atoms with Gasteiger partial charge in [-0.2, -0.15) is 0 Å². The Kier molecular flexibility index (Phi) is 5.41. The molecule has 2 heterocycles. The molecule has 0 radical (unpaired) electrons. The van der Waals surface area contributed by atoms with Crippen LogP contribution in [-0.4, -0.2) is 41.1 Å². The second kappa shape index (κ2) is 7.92. The van der Waals surface area contributed by atoms with E-state index in [9.17, 15) is 9.59 Å². The first-order chi connectivity index (χ1) is 13.0. The largest absolute Gasteiger partial charge is 0.465 e. The Morgan fingerprint density at radius 1 is 1.04 bits per heavy atom. The normalized spacial score (nSPS) is 10.3. The van der Waals surface area contributed by atoms with E-state index in [1.807, 2.05) is 6.92 Å². The summed E-state index contributed by atoms with van der Waals surface area (Å²) >= 11 is 1.52. The van der Waals surface area contributed by atoms with Crippen molar-refractivity contribution in [3.8, 4) is 10.7 Å². The fourth-order valence-corrected chi connectivity index (χ4v) is 3.05. The van der Waals surface area contributed by atoms with Crippen molar-refractivity contribution < 1.29 is 19.1 Å². The van der Waals surface area contributed by atoms with Gasteiger partial charge in [-0.05, 0) is 31.2 Å². The maximum Gasteiger partial charge on any atom is 0.337 e. The van der Waals surface area contributed by atoms with Gasteiger partial charge in [-0.1, -0.05) is 0 Å². The molecule has 0 spiro atoms. The summed E-state index contributed by atoms with van der Waals surface area (Å²) in [7, 11) is 2.53. The number of carbonyl (C=O) groups is 2. The van der Waals surface area contributed by atoms with Crippen LogP contribution in [0.5, 0.6) is 0 Å². The number of hydrogen-bond acceptors (Lipinski definition) is 9. The molecule has 0 unspecified atom stereocenters. The minimum atomic E-state index is -0.572. The molecular formula is C18H16N4O4S. The van der Waals surface area contributed by atoms with Crippen molar-refractivity contribution in [3.63, 3.8) is 0 Å². The predicted molar refractivity (Wildman–Crippen MR) is 100 cm³/mol. The third-order valence-electron chi connectivity index (χ3n) is 3.53. The first-order valence-corrected chi connectivity index (χ1v) is 8.66. The molecule has 3 rings (SSSR count). The van der Waals surface area contributed by atoms with Crippen LogP contribution in [0.3, 0.4) is 0 Å². The molecule has 8 nitrogen and oxygen atoms in total. The van der Waals surface area contributed by atoms with Crippen molar-refractivity contribution in [1.82, 2.24) is 15.0 Å². The Morgan fingerprint density at radius 2 is 1.70 bits per heavy atom. The van der Waals surface area contributed by atoms with Crippen LogP contribution >= 0.6 is 11.3 Å². The van der Waals surface area contributed by atoms with Crippen LogP contribution < -0.4 is 5.32 Å². The smallest absolute Gasteiger partial charge is 0.337 e. The second-order valence-electron chi connectivity index (χ2n) is 5.45. The molecule has 138 valence electrons. The first kappa shape index (κ1) is 18.5. The lowest BCUT2D eigenvalue weighted by molar-refractivity contribution is 0.0599. The Morgan fingerprint density at radius 3 is 2.26 bits per heavy atom. The number of aryl methyl sites for hydroxylation is 1. The maximum atomic E-state index is 11.9. The molecule has 0 aliphatic rings. The summed E-state index contributed by atoms with van der Waals surface area (Å²) in [5.74, 6) is -0.841. The van der Waals surface area contributed by atoms with E-state index in [1.165, 1.54) is 31.6 Å². The van der Waals surface area contributed by atoms with E-state index in [-0.39, 0.29) is 11.1 Å². The molecule has 9 heteroatoms. The van der Waals surface area contributed by atoms with E-state index >= 15 is 0 Å². The molecule has 0 aliphatic heterocycles. The molecule has 0 aliphatic carbocycles. The number of rotatable bonds is 5. The zero-order chi connectivity index (χ0) is 19.4. The summed E-state index contributed by atoms with van der Waals surface area (Å²) in [6.45, 7) is 1.97. The van der Waals surface area contributed by atoms with E-state index < -0.39 is 11.9 Å². The van der Waals surface area contributed by atoms with Gasteiger partial charge in [-0.25, -0.2) is 24.5 Å². The topological polar surface area (TPSA) is 103 Å². The fraction of sp³-hybridized carbons (Fsp3) is 0.167. The summed E-state index contributed by atoms with van der Waals surface area (Å²) in [4.78, 5) is 37.8. The number of carbonyl (C=O) groups excluding carboxylic acids is 2. The molecule has 0 saturated carbocycles. The Labute approximate surface area is 159 Å². The molecule has 0 atom stereocenters. The van der Waals surface area contributed by atoms with Crippen LogP contribution in [0, 0.1) is 6.92 Å². The molecule has 0 amide bonds. The number of ether oxygens (including phenoxy) is 2. The number of methoxy groups -OCH3 is 2. The third kappa shape index (κ3) is 4.26. The van der Waals surface area contributed by atoms with Gasteiger partial charge in [0.2, 0.25) is 5.95 Å². The lowest BCUT2D eigenvalue weighted by Gasteiger charge is -2.09. The van der Waals surface area contributed by atoms with E-state index in [1.54, 1.807) is 30.6 Å². The second-order valence-corrected chi connectivity index (χ2v) is 6.68. The average molecular weight is 384 g/mol. The SMILES string of the molecule is COC(=O)c1cc(Nc2nccc(-c3ncc(C)s3)n2)cc(C(=O)OC)c1. The van der Waals surface area contributed by atoms with Crippen molar-refractivity contribution in [2.75, 3.05) is 19.5 Å². The van der Waals surface area contributed by atoms with E-state index in [2.05, 4.69) is 20.3 Å². The van der Waals surface area contributed by atoms with Gasteiger partial charge in [0.05, 0.1) is 25.3 Å². The number of aromatic nitrogens is 3. The van der Waals surface area contributed by atoms with Gasteiger partial charge in [0.15, 0.2) is 0 Å². The summed E-state index contributed by atoms with van der Waals surface area (Å²) in [5, 5.41) is 3.77. The number of hydrogen-bond donors (Lipinski definition) is 1. The number of esters is 2. The molecule has 0 fully saturated rings. The Hall–Kier alpha value is -3.33. The monoisotopic (exact) mass is 384 g/mol. The van der Waals surface area contributed by atoms with Crippen LogP contribution in [0.1, 0.15) is 25.6 Å². The number of benzene rings is 1. The van der Waals surface area contributed by atoms with Gasteiger partial charge < -0.3 is 14.8 Å². The zero-order valence-corrected chi connectivity index (χ0v) is 15.7. The lowest BCUT2D eigenvalue weighted by Crippen LogP contribution is -2.08. The minimum absolute atomic E-state index is 0.203. The summed E-state index contributed by atoms with van der Waals surface area (Å²) in [6, 6.07) is 6.25. The fourth-order valence-electron chi connectivity index (χ4n) is 2.31. The summed E-state index contributed by atoms with van der Waals surface area (Å²) in [6.07, 6.45) is 3.38. The van der Waals surface area contributed by atoms with Gasteiger partial charge in [0.25, 0.3) is 0 Å². The highest BCUT2D eigenvalue weighted by atomic mass is 32.1. The standard InChI is InChI=1S/C18H16N4O4S/c1-10-9-20-15(27-10)14-4-5-19-18(22-14)21-13-7-11(16(23)25-2)6-12(8-13)17(24)26-3/h4-9H,1-3H3,(H,19,21,22). The van der Waals surface area contributed by atoms with Gasteiger partial charge in [0, 0.05) is 23.0 Å². The maximum absolute atomic E-state index is 11.9. The van der Waals surface area contributed by atoms with E-state index in [4.69, 9.17) is 9.47 Å². The van der Waals surface area contributed by atoms with Crippen molar-refractivity contribution in [2.24, 2.45) is 0 Å². The molecule has 0 bridgehead atoms. The molecule has 0 saturated heterocycles. The van der Waals surface area contributed by atoms with Crippen LogP contribution in [0.2, 0.25) is 0 Å². The summed E-state index contributed by atoms with van der Waals surface area (Å²) in [5.41, 5.74) is 1.53. The average Bonchev–Trinajstić information content (AvgIpc) is 3.13. The molecular weight excluding hydrogens is 368 g/mol. The zero-order valence-electron chi connectivity index (χ0n) is 14.8. The summed E-state index contributed by atoms with van der Waals surface area (Å²) < 4.78 is 9.46. The van der Waals surface area contributed by atoms with Crippen LogP contribution in [0.15, 0.2) is 36.7 Å². The van der Waals surface area contributed by atoms with Gasteiger partial charge in [-0.3, -0.25) is 0 Å². The highest BCUT2D eigenvalue weighted by Crippen LogP contribution is 2.25. The van der Waals surface area contributed by atoms with Crippen molar-refractivity contribution in [1.29, 1.82) is 0 Å². The van der Waals surface area contributed by atoms with Gasteiger partial charge in [0.1, 0.15) is 10.7 Å². The molecule has 1 aromatic carbocycles. The molecule has 3 aromatic rings. The highest BCUT2D eigenvalue weighted by molar-refractivity contribution is 7.14. The van der Waals surface area contributed by atoms with Crippen LogP contribution in [-0.2, 0) is 9.47 Å². The van der Waals surface area contributed by atoms with E-state index in [0.29, 0.717) is 17.3 Å². The van der Waals surface area contributed by atoms with Gasteiger partial charge in [-0.15, -0.1) is 11.3 Å². The predicted octanol–water partition coefficient (Wildman–Crippen LogP) is 3.23. The Bertz CT molecular complexity index is 968. The number of thiazole rings is 1. The van der Waals surface area contributed by atoms with E-state index in [0.717, 1.165) is 9.88 Å². The van der Waals surface area contributed by atoms with Crippen LogP contribution in [0.4, 0.5) is 11.6 Å². The number of anilines is 2. The lowest BCUT2D eigenvalue weighted by atomic mass is 10.1. The minimum Gasteiger partial charge on any atom is -0.465 e. The highest BCUT2D eigenvalue weighted by Gasteiger charge is 2.15. The van der Waals surface area contributed by atoms with Crippen molar-refractivity contribution >= 4 is 34.9 Å².